The number of Topliss-reactive ketones (excluding diaryl/α,β-unsaturated/α-hetero) is 1. The van der Waals surface area contributed by atoms with Crippen LogP contribution in [0.15, 0.2) is 60.9 Å². The van der Waals surface area contributed by atoms with Gasteiger partial charge in [0.25, 0.3) is 0 Å². The SMILES string of the molecule is Cc1ccc(C(O)C(=O)Cc2cccc3cnccc23)cc1. The highest BCUT2D eigenvalue weighted by atomic mass is 16.3. The fourth-order valence-corrected chi connectivity index (χ4v) is 2.56. The number of hydrogen-bond acceptors (Lipinski definition) is 3. The van der Waals surface area contributed by atoms with Gasteiger partial charge in [0.15, 0.2) is 5.78 Å². The molecule has 0 saturated heterocycles. The molecule has 0 spiro atoms. The normalized spacial score (nSPS) is 12.3. The first-order valence-electron chi connectivity index (χ1n) is 7.24. The molecule has 22 heavy (non-hydrogen) atoms. The van der Waals surface area contributed by atoms with Gasteiger partial charge in [0.1, 0.15) is 6.10 Å². The summed E-state index contributed by atoms with van der Waals surface area (Å²) >= 11 is 0. The maximum atomic E-state index is 12.4. The van der Waals surface area contributed by atoms with E-state index < -0.39 is 6.10 Å². The number of aryl methyl sites for hydroxylation is 1. The summed E-state index contributed by atoms with van der Waals surface area (Å²) in [4.78, 5) is 16.5. The highest BCUT2D eigenvalue weighted by Crippen LogP contribution is 2.21. The third kappa shape index (κ3) is 2.90. The van der Waals surface area contributed by atoms with Crippen LogP contribution in [0, 0.1) is 6.92 Å². The first-order valence-corrected chi connectivity index (χ1v) is 7.24. The molecule has 0 saturated carbocycles. The van der Waals surface area contributed by atoms with Crippen LogP contribution in [0.2, 0.25) is 0 Å². The van der Waals surface area contributed by atoms with Gasteiger partial charge in [-0.05, 0) is 29.5 Å². The van der Waals surface area contributed by atoms with Crippen molar-refractivity contribution in [1.82, 2.24) is 4.98 Å². The van der Waals surface area contributed by atoms with E-state index in [4.69, 9.17) is 0 Å². The predicted octanol–water partition coefficient (Wildman–Crippen LogP) is 3.39. The summed E-state index contributed by atoms with van der Waals surface area (Å²) in [5.41, 5.74) is 2.65. The minimum atomic E-state index is -1.09. The van der Waals surface area contributed by atoms with E-state index in [2.05, 4.69) is 4.98 Å². The van der Waals surface area contributed by atoms with Gasteiger partial charge in [-0.3, -0.25) is 9.78 Å². The number of aromatic nitrogens is 1. The Kier molecular flexibility index (Phi) is 3.98. The lowest BCUT2D eigenvalue weighted by Crippen LogP contribution is -2.14. The standard InChI is InChI=1S/C19H17NO2/c1-13-5-7-14(8-6-13)19(22)18(21)11-15-3-2-4-16-12-20-10-9-17(15)16/h2-10,12,19,22H,11H2,1H3. The smallest absolute Gasteiger partial charge is 0.170 e. The Morgan fingerprint density at radius 1 is 1.14 bits per heavy atom. The van der Waals surface area contributed by atoms with Gasteiger partial charge in [0.05, 0.1) is 0 Å². The first-order chi connectivity index (χ1) is 10.6. The summed E-state index contributed by atoms with van der Waals surface area (Å²) in [6.07, 6.45) is 2.61. The molecule has 1 heterocycles. The first kappa shape index (κ1) is 14.4. The number of nitrogens with zero attached hydrogens (tertiary/aromatic N) is 1. The van der Waals surface area contributed by atoms with Crippen molar-refractivity contribution in [2.75, 3.05) is 0 Å². The van der Waals surface area contributed by atoms with Crippen LogP contribution in [0.3, 0.4) is 0 Å². The molecule has 3 heteroatoms. The fourth-order valence-electron chi connectivity index (χ4n) is 2.56. The largest absolute Gasteiger partial charge is 0.381 e. The molecule has 1 atom stereocenters. The van der Waals surface area contributed by atoms with Gasteiger partial charge in [0.2, 0.25) is 0 Å². The molecule has 3 rings (SSSR count). The Labute approximate surface area is 129 Å². The maximum absolute atomic E-state index is 12.4. The third-order valence-corrected chi connectivity index (χ3v) is 3.83. The molecule has 1 aromatic heterocycles. The molecule has 2 aromatic carbocycles. The van der Waals surface area contributed by atoms with Gasteiger partial charge in [-0.2, -0.15) is 0 Å². The Balaban J connectivity index is 1.85. The number of carbonyl (C=O) groups excluding carboxylic acids is 1. The zero-order valence-electron chi connectivity index (χ0n) is 12.4. The quantitative estimate of drug-likeness (QED) is 0.801. The number of ketones is 1. The van der Waals surface area contributed by atoms with E-state index in [0.717, 1.165) is 21.9 Å². The van der Waals surface area contributed by atoms with Gasteiger partial charge in [-0.25, -0.2) is 0 Å². The second kappa shape index (κ2) is 6.08. The molecule has 0 aliphatic heterocycles. The second-order valence-electron chi connectivity index (χ2n) is 5.47. The molecule has 1 N–H and O–H groups in total. The van der Waals surface area contributed by atoms with Crippen LogP contribution in [0.25, 0.3) is 10.8 Å². The Morgan fingerprint density at radius 2 is 1.91 bits per heavy atom. The van der Waals surface area contributed by atoms with Crippen LogP contribution in [-0.2, 0) is 11.2 Å². The predicted molar refractivity (Wildman–Crippen MR) is 86.6 cm³/mol. The highest BCUT2D eigenvalue weighted by molar-refractivity contribution is 5.92. The van der Waals surface area contributed by atoms with Crippen molar-refractivity contribution < 1.29 is 9.90 Å². The summed E-state index contributed by atoms with van der Waals surface area (Å²) < 4.78 is 0. The van der Waals surface area contributed by atoms with Crippen molar-refractivity contribution in [3.05, 3.63) is 77.6 Å². The number of aliphatic hydroxyl groups is 1. The number of carbonyl (C=O) groups is 1. The third-order valence-electron chi connectivity index (χ3n) is 3.83. The topological polar surface area (TPSA) is 50.2 Å². The van der Waals surface area contributed by atoms with Crippen molar-refractivity contribution in [3.63, 3.8) is 0 Å². The summed E-state index contributed by atoms with van der Waals surface area (Å²) in [5.74, 6) is -0.201. The van der Waals surface area contributed by atoms with Crippen molar-refractivity contribution in [2.45, 2.75) is 19.4 Å². The average Bonchev–Trinajstić information content (AvgIpc) is 2.55. The monoisotopic (exact) mass is 291 g/mol. The van der Waals surface area contributed by atoms with E-state index in [0.29, 0.717) is 5.56 Å². The van der Waals surface area contributed by atoms with Crippen molar-refractivity contribution in [1.29, 1.82) is 0 Å². The number of fused-ring (bicyclic) bond motifs is 1. The zero-order valence-corrected chi connectivity index (χ0v) is 12.4. The molecule has 3 nitrogen and oxygen atoms in total. The van der Waals surface area contributed by atoms with Gasteiger partial charge >= 0.3 is 0 Å². The zero-order chi connectivity index (χ0) is 15.5. The number of rotatable bonds is 4. The van der Waals surface area contributed by atoms with Crippen molar-refractivity contribution in [3.8, 4) is 0 Å². The lowest BCUT2D eigenvalue weighted by atomic mass is 9.96. The minimum Gasteiger partial charge on any atom is -0.381 e. The van der Waals surface area contributed by atoms with Gasteiger partial charge < -0.3 is 5.11 Å². The molecule has 0 radical (unpaired) electrons. The Hall–Kier alpha value is -2.52. The van der Waals surface area contributed by atoms with Crippen LogP contribution in [0.4, 0.5) is 0 Å². The highest BCUT2D eigenvalue weighted by Gasteiger charge is 2.18. The maximum Gasteiger partial charge on any atom is 0.170 e. The van der Waals surface area contributed by atoms with Crippen LogP contribution in [-0.4, -0.2) is 15.9 Å². The van der Waals surface area contributed by atoms with E-state index in [9.17, 15) is 9.90 Å². The molecule has 0 fully saturated rings. The van der Waals surface area contributed by atoms with E-state index in [1.54, 1.807) is 24.5 Å². The molecular formula is C19H17NO2. The lowest BCUT2D eigenvalue weighted by molar-refractivity contribution is -0.126. The van der Waals surface area contributed by atoms with E-state index in [-0.39, 0.29) is 12.2 Å². The van der Waals surface area contributed by atoms with Crippen molar-refractivity contribution in [2.24, 2.45) is 0 Å². The number of benzene rings is 2. The summed E-state index contributed by atoms with van der Waals surface area (Å²) in [5, 5.41) is 12.3. The molecule has 0 amide bonds. The molecule has 0 aliphatic carbocycles. The van der Waals surface area contributed by atoms with Crippen LogP contribution in [0.1, 0.15) is 22.8 Å². The van der Waals surface area contributed by atoms with Gasteiger partial charge in [-0.15, -0.1) is 0 Å². The Morgan fingerprint density at radius 3 is 2.68 bits per heavy atom. The number of aliphatic hydroxyl groups excluding tert-OH is 1. The molecular weight excluding hydrogens is 274 g/mol. The second-order valence-corrected chi connectivity index (χ2v) is 5.47. The minimum absolute atomic E-state index is 0.201. The van der Waals surface area contributed by atoms with Gasteiger partial charge in [0, 0.05) is 24.2 Å². The summed E-state index contributed by atoms with van der Waals surface area (Å²) in [6.45, 7) is 1.97. The molecule has 110 valence electrons. The number of pyridine rings is 1. The van der Waals surface area contributed by atoms with E-state index in [1.165, 1.54) is 0 Å². The van der Waals surface area contributed by atoms with Crippen LogP contribution in [0.5, 0.6) is 0 Å². The van der Waals surface area contributed by atoms with Crippen LogP contribution < -0.4 is 0 Å². The van der Waals surface area contributed by atoms with E-state index in [1.807, 2.05) is 43.3 Å². The molecule has 0 bridgehead atoms. The molecule has 1 unspecified atom stereocenters. The van der Waals surface area contributed by atoms with Crippen molar-refractivity contribution >= 4 is 16.6 Å². The lowest BCUT2D eigenvalue weighted by Gasteiger charge is -2.11. The summed E-state index contributed by atoms with van der Waals surface area (Å²) in [6, 6.07) is 15.1. The van der Waals surface area contributed by atoms with Crippen LogP contribution >= 0.6 is 0 Å². The molecule has 0 aliphatic rings. The molecule has 3 aromatic rings. The Bertz CT molecular complexity index is 804. The summed E-state index contributed by atoms with van der Waals surface area (Å²) in [7, 11) is 0. The number of hydrogen-bond donors (Lipinski definition) is 1. The van der Waals surface area contributed by atoms with Gasteiger partial charge in [-0.1, -0.05) is 48.0 Å². The fraction of sp³-hybridized carbons (Fsp3) is 0.158. The average molecular weight is 291 g/mol. The van der Waals surface area contributed by atoms with E-state index >= 15 is 0 Å².